The summed E-state index contributed by atoms with van der Waals surface area (Å²) in [7, 11) is 0.0619. The van der Waals surface area contributed by atoms with E-state index in [2.05, 4.69) is 4.72 Å². The number of benzene rings is 1. The zero-order chi connectivity index (χ0) is 16.3. The van der Waals surface area contributed by atoms with Crippen LogP contribution in [0.1, 0.15) is 40.2 Å². The van der Waals surface area contributed by atoms with Crippen LogP contribution in [0.5, 0.6) is 0 Å². The summed E-state index contributed by atoms with van der Waals surface area (Å²) in [6, 6.07) is 9.56. The zero-order valence-corrected chi connectivity index (χ0v) is 14.4. The van der Waals surface area contributed by atoms with Gasteiger partial charge in [0.25, 0.3) is 0 Å². The minimum atomic E-state index is -1.30. The summed E-state index contributed by atoms with van der Waals surface area (Å²) in [5.41, 5.74) is 0.132. The highest BCUT2D eigenvalue weighted by Gasteiger charge is 2.41. The third kappa shape index (κ3) is 4.14. The Balaban J connectivity index is 3.24. The molecule has 118 valence electrons. The monoisotopic (exact) mass is 311 g/mol. The van der Waals surface area contributed by atoms with E-state index in [1.54, 1.807) is 6.92 Å². The van der Waals surface area contributed by atoms with E-state index in [1.807, 2.05) is 58.0 Å². The van der Waals surface area contributed by atoms with E-state index in [4.69, 9.17) is 4.74 Å². The van der Waals surface area contributed by atoms with E-state index in [0.717, 1.165) is 5.56 Å². The van der Waals surface area contributed by atoms with Gasteiger partial charge in [-0.05, 0) is 40.2 Å². The van der Waals surface area contributed by atoms with Crippen molar-refractivity contribution in [1.82, 2.24) is 4.72 Å². The molecular weight excluding hydrogens is 286 g/mol. The Morgan fingerprint density at radius 2 is 1.71 bits per heavy atom. The van der Waals surface area contributed by atoms with Crippen LogP contribution in [0.25, 0.3) is 0 Å². The fraction of sp³-hybridized carbons (Fsp3) is 0.562. The van der Waals surface area contributed by atoms with Gasteiger partial charge >= 0.3 is 5.97 Å². The van der Waals surface area contributed by atoms with Gasteiger partial charge in [-0.25, -0.2) is 8.93 Å². The van der Waals surface area contributed by atoms with Crippen molar-refractivity contribution in [2.45, 2.75) is 44.9 Å². The molecule has 0 aromatic heterocycles. The molecule has 1 aromatic carbocycles. The highest BCUT2D eigenvalue weighted by molar-refractivity contribution is 7.84. The molecule has 4 nitrogen and oxygen atoms in total. The second-order valence-corrected chi connectivity index (χ2v) is 8.26. The Bertz CT molecular complexity index is 510. The van der Waals surface area contributed by atoms with Gasteiger partial charge in [0.2, 0.25) is 0 Å². The number of carbonyl (C=O) groups is 1. The number of hydrogen-bond acceptors (Lipinski definition) is 3. The lowest BCUT2D eigenvalue weighted by Crippen LogP contribution is -2.52. The Morgan fingerprint density at radius 1 is 1.19 bits per heavy atom. The summed E-state index contributed by atoms with van der Waals surface area (Å²) < 4.78 is 20.1. The summed E-state index contributed by atoms with van der Waals surface area (Å²) in [4.78, 5) is 12.0. The fourth-order valence-corrected chi connectivity index (χ4v) is 2.93. The van der Waals surface area contributed by atoms with Crippen molar-refractivity contribution in [1.29, 1.82) is 0 Å². The topological polar surface area (TPSA) is 55.4 Å². The second-order valence-electron chi connectivity index (χ2n) is 6.30. The van der Waals surface area contributed by atoms with Crippen molar-refractivity contribution in [2.24, 2.45) is 5.92 Å². The zero-order valence-electron chi connectivity index (χ0n) is 13.6. The van der Waals surface area contributed by atoms with Crippen LogP contribution in [-0.2, 0) is 26.1 Å². The minimum absolute atomic E-state index is 0.334. The van der Waals surface area contributed by atoms with E-state index in [-0.39, 0.29) is 5.97 Å². The number of carbonyl (C=O) groups excluding carboxylic acids is 1. The van der Waals surface area contributed by atoms with Crippen molar-refractivity contribution in [2.75, 3.05) is 7.11 Å². The van der Waals surface area contributed by atoms with Crippen molar-refractivity contribution in [3.05, 3.63) is 35.9 Å². The van der Waals surface area contributed by atoms with Crippen molar-refractivity contribution >= 4 is 17.0 Å². The highest BCUT2D eigenvalue weighted by atomic mass is 32.2. The lowest BCUT2D eigenvalue weighted by atomic mass is 9.81. The number of nitrogens with one attached hydrogen (secondary N) is 1. The summed E-state index contributed by atoms with van der Waals surface area (Å²) >= 11 is 0. The molecule has 0 aliphatic carbocycles. The van der Waals surface area contributed by atoms with E-state index in [1.165, 1.54) is 7.11 Å². The molecule has 0 saturated heterocycles. The molecule has 0 fully saturated rings. The molecule has 0 heterocycles. The van der Waals surface area contributed by atoms with E-state index >= 15 is 0 Å². The quantitative estimate of drug-likeness (QED) is 0.851. The third-order valence-corrected chi connectivity index (χ3v) is 5.38. The van der Waals surface area contributed by atoms with Gasteiger partial charge in [-0.1, -0.05) is 30.3 Å². The standard InChI is InChI=1S/C16H25NO3S/c1-12(14(18)20-6)16(5,13-10-8-7-9-11-13)17-21(19)15(2,3)4/h7-12,17H,1-6H3/t12-,16+,21?/m1/s1. The maximum absolute atomic E-state index is 12.5. The predicted molar refractivity (Wildman–Crippen MR) is 86.0 cm³/mol. The molecule has 0 saturated carbocycles. The van der Waals surface area contributed by atoms with E-state index in [9.17, 15) is 9.00 Å². The Morgan fingerprint density at radius 3 is 2.14 bits per heavy atom. The number of ether oxygens (including phenoxy) is 1. The van der Waals surface area contributed by atoms with Gasteiger partial charge in [0.1, 0.15) is 0 Å². The number of rotatable bonds is 5. The highest BCUT2D eigenvalue weighted by Crippen LogP contribution is 2.32. The van der Waals surface area contributed by atoms with Crippen LogP contribution in [0.2, 0.25) is 0 Å². The van der Waals surface area contributed by atoms with Crippen LogP contribution in [-0.4, -0.2) is 22.0 Å². The van der Waals surface area contributed by atoms with Gasteiger partial charge in [-0.3, -0.25) is 4.79 Å². The smallest absolute Gasteiger partial charge is 0.310 e. The average molecular weight is 311 g/mol. The molecule has 0 amide bonds. The Labute approximate surface area is 129 Å². The van der Waals surface area contributed by atoms with Gasteiger partial charge in [0.05, 0.1) is 34.3 Å². The van der Waals surface area contributed by atoms with Gasteiger partial charge < -0.3 is 4.74 Å². The third-order valence-electron chi connectivity index (χ3n) is 3.66. The van der Waals surface area contributed by atoms with Crippen LogP contribution in [0.3, 0.4) is 0 Å². The lowest BCUT2D eigenvalue weighted by Gasteiger charge is -2.37. The summed E-state index contributed by atoms with van der Waals surface area (Å²) in [6.45, 7) is 9.35. The van der Waals surface area contributed by atoms with Gasteiger partial charge in [-0.15, -0.1) is 0 Å². The number of esters is 1. The lowest BCUT2D eigenvalue weighted by molar-refractivity contribution is -0.147. The summed E-state index contributed by atoms with van der Waals surface area (Å²) in [5, 5.41) is 0. The molecule has 0 aliphatic rings. The molecule has 1 N–H and O–H groups in total. The first-order valence-electron chi connectivity index (χ1n) is 6.96. The van der Waals surface area contributed by atoms with Crippen LogP contribution >= 0.6 is 0 Å². The van der Waals surface area contributed by atoms with Crippen molar-refractivity contribution in [3.8, 4) is 0 Å². The largest absolute Gasteiger partial charge is 0.469 e. The van der Waals surface area contributed by atoms with Gasteiger partial charge in [0, 0.05) is 0 Å². The first-order chi connectivity index (χ1) is 9.63. The average Bonchev–Trinajstić information content (AvgIpc) is 2.45. The first-order valence-corrected chi connectivity index (χ1v) is 8.11. The number of hydrogen-bond donors (Lipinski definition) is 1. The molecule has 3 atom stereocenters. The molecule has 0 spiro atoms. The van der Waals surface area contributed by atoms with Crippen LogP contribution in [0, 0.1) is 5.92 Å². The van der Waals surface area contributed by atoms with Crippen molar-refractivity contribution in [3.63, 3.8) is 0 Å². The minimum Gasteiger partial charge on any atom is -0.469 e. The second kappa shape index (κ2) is 6.71. The van der Waals surface area contributed by atoms with Crippen LogP contribution in [0.4, 0.5) is 0 Å². The maximum atomic E-state index is 12.5. The van der Waals surface area contributed by atoms with Crippen LogP contribution < -0.4 is 4.72 Å². The normalized spacial score (nSPS) is 17.6. The SMILES string of the molecule is COC(=O)[C@@H](C)[C@](C)(NS(=O)C(C)(C)C)c1ccccc1. The molecule has 0 aliphatic heterocycles. The van der Waals surface area contributed by atoms with Gasteiger partial charge in [0.15, 0.2) is 0 Å². The molecular formula is C16H25NO3S. The molecule has 1 rings (SSSR count). The Hall–Kier alpha value is -1.20. The first kappa shape index (κ1) is 17.9. The number of methoxy groups -OCH3 is 1. The summed E-state index contributed by atoms with van der Waals surface area (Å²) in [6.07, 6.45) is 0. The molecule has 5 heteroatoms. The molecule has 1 aromatic rings. The predicted octanol–water partition coefficient (Wildman–Crippen LogP) is 2.76. The Kier molecular flexibility index (Phi) is 5.70. The molecule has 1 unspecified atom stereocenters. The summed E-state index contributed by atoms with van der Waals surface area (Å²) in [5.74, 6) is -0.809. The maximum Gasteiger partial charge on any atom is 0.310 e. The van der Waals surface area contributed by atoms with Crippen LogP contribution in [0.15, 0.2) is 30.3 Å². The molecule has 0 radical (unpaired) electrons. The van der Waals surface area contributed by atoms with Crippen molar-refractivity contribution < 1.29 is 13.7 Å². The molecule has 0 bridgehead atoms. The van der Waals surface area contributed by atoms with Gasteiger partial charge in [-0.2, -0.15) is 0 Å². The molecule has 21 heavy (non-hydrogen) atoms. The fourth-order valence-electron chi connectivity index (χ4n) is 1.94. The van der Waals surface area contributed by atoms with E-state index in [0.29, 0.717) is 0 Å². The van der Waals surface area contributed by atoms with E-state index < -0.39 is 27.2 Å².